The fourth-order valence-electron chi connectivity index (χ4n) is 3.33. The predicted molar refractivity (Wildman–Crippen MR) is 61.3 cm³/mol. The molecule has 1 fully saturated rings. The van der Waals surface area contributed by atoms with Gasteiger partial charge in [0.15, 0.2) is 5.58 Å². The third-order valence-electron chi connectivity index (χ3n) is 4.17. The predicted octanol–water partition coefficient (Wildman–Crippen LogP) is 1.91. The molecule has 2 heterocycles. The van der Waals surface area contributed by atoms with E-state index in [0.29, 0.717) is 5.41 Å². The van der Waals surface area contributed by atoms with Gasteiger partial charge in [0, 0.05) is 17.5 Å². The van der Waals surface area contributed by atoms with Crippen LogP contribution in [0.15, 0.2) is 22.9 Å². The number of aromatic nitrogens is 1. The molecular formula is C13H14N2O. The van der Waals surface area contributed by atoms with Crippen LogP contribution in [0.4, 0.5) is 0 Å². The smallest absolute Gasteiger partial charge is 0.170 e. The van der Waals surface area contributed by atoms with E-state index in [4.69, 9.17) is 4.52 Å². The van der Waals surface area contributed by atoms with Gasteiger partial charge in [-0.05, 0) is 42.9 Å². The van der Waals surface area contributed by atoms with Gasteiger partial charge in [-0.2, -0.15) is 0 Å². The fraction of sp³-hybridized carbons (Fsp3) is 0.462. The first-order valence-electron chi connectivity index (χ1n) is 5.92. The Balaban J connectivity index is 1.89. The van der Waals surface area contributed by atoms with Gasteiger partial charge >= 0.3 is 0 Å². The van der Waals surface area contributed by atoms with Crippen LogP contribution in [0, 0.1) is 5.41 Å². The van der Waals surface area contributed by atoms with Crippen LogP contribution in [-0.4, -0.2) is 18.2 Å². The normalized spacial score (nSPS) is 28.0. The second-order valence-corrected chi connectivity index (χ2v) is 5.23. The third kappa shape index (κ3) is 1.04. The lowest BCUT2D eigenvalue weighted by Gasteiger charge is -2.20. The summed E-state index contributed by atoms with van der Waals surface area (Å²) < 4.78 is 5.39. The van der Waals surface area contributed by atoms with E-state index in [2.05, 4.69) is 22.6 Å². The summed E-state index contributed by atoms with van der Waals surface area (Å²) >= 11 is 0. The van der Waals surface area contributed by atoms with Crippen molar-refractivity contribution in [3.05, 3.63) is 29.5 Å². The summed E-state index contributed by atoms with van der Waals surface area (Å²) in [5.74, 6) is 0. The maximum Gasteiger partial charge on any atom is 0.170 e. The molecule has 82 valence electrons. The molecule has 1 aromatic carbocycles. The molecule has 4 rings (SSSR count). The molecule has 1 aromatic heterocycles. The second-order valence-electron chi connectivity index (χ2n) is 5.23. The van der Waals surface area contributed by atoms with Crippen LogP contribution in [0.5, 0.6) is 0 Å². The molecule has 0 radical (unpaired) electrons. The molecule has 3 nitrogen and oxygen atoms in total. The van der Waals surface area contributed by atoms with Crippen molar-refractivity contribution in [2.45, 2.75) is 19.3 Å². The molecule has 2 aliphatic rings. The minimum atomic E-state index is 0.462. The first-order valence-corrected chi connectivity index (χ1v) is 5.92. The van der Waals surface area contributed by atoms with Crippen molar-refractivity contribution in [1.82, 2.24) is 10.5 Å². The molecule has 1 spiro atoms. The Labute approximate surface area is 93.8 Å². The van der Waals surface area contributed by atoms with Crippen LogP contribution in [0.25, 0.3) is 11.0 Å². The molecule has 16 heavy (non-hydrogen) atoms. The van der Waals surface area contributed by atoms with Crippen LogP contribution >= 0.6 is 0 Å². The molecule has 1 atom stereocenters. The monoisotopic (exact) mass is 214 g/mol. The Morgan fingerprint density at radius 1 is 1.31 bits per heavy atom. The quantitative estimate of drug-likeness (QED) is 0.728. The van der Waals surface area contributed by atoms with Crippen molar-refractivity contribution in [2.24, 2.45) is 5.41 Å². The Bertz CT molecular complexity index is 552. The first-order chi connectivity index (χ1) is 7.86. The van der Waals surface area contributed by atoms with Gasteiger partial charge in [-0.1, -0.05) is 11.2 Å². The van der Waals surface area contributed by atoms with Crippen LogP contribution in [0.1, 0.15) is 17.5 Å². The van der Waals surface area contributed by atoms with Gasteiger partial charge in [0.05, 0.1) is 6.20 Å². The van der Waals surface area contributed by atoms with Gasteiger partial charge in [-0.25, -0.2) is 0 Å². The van der Waals surface area contributed by atoms with E-state index in [9.17, 15) is 0 Å². The van der Waals surface area contributed by atoms with Gasteiger partial charge in [0.25, 0.3) is 0 Å². The zero-order chi connectivity index (χ0) is 10.6. The second kappa shape index (κ2) is 2.86. The zero-order valence-electron chi connectivity index (χ0n) is 9.12. The maximum absolute atomic E-state index is 5.39. The lowest BCUT2D eigenvalue weighted by atomic mass is 9.84. The number of rotatable bonds is 0. The van der Waals surface area contributed by atoms with Gasteiger partial charge in [0.1, 0.15) is 0 Å². The number of nitrogens with one attached hydrogen (secondary N) is 1. The molecule has 0 bridgehead atoms. The average molecular weight is 214 g/mol. The maximum atomic E-state index is 5.39. The van der Waals surface area contributed by atoms with Gasteiger partial charge in [0.2, 0.25) is 0 Å². The molecule has 2 aromatic rings. The van der Waals surface area contributed by atoms with E-state index in [1.807, 2.05) is 6.20 Å². The minimum Gasteiger partial charge on any atom is -0.356 e. The highest BCUT2D eigenvalue weighted by atomic mass is 16.5. The minimum absolute atomic E-state index is 0.462. The molecular weight excluding hydrogens is 200 g/mol. The molecule has 1 aliphatic heterocycles. The summed E-state index contributed by atoms with van der Waals surface area (Å²) in [6.45, 7) is 2.31. The molecule has 1 aliphatic carbocycles. The lowest BCUT2D eigenvalue weighted by molar-refractivity contribution is 0.344. The molecule has 1 saturated heterocycles. The Morgan fingerprint density at radius 2 is 2.31 bits per heavy atom. The third-order valence-corrected chi connectivity index (χ3v) is 4.17. The van der Waals surface area contributed by atoms with Crippen LogP contribution in [0.2, 0.25) is 0 Å². The Morgan fingerprint density at radius 3 is 3.19 bits per heavy atom. The summed E-state index contributed by atoms with van der Waals surface area (Å²) in [5.41, 5.74) is 4.34. The van der Waals surface area contributed by atoms with E-state index >= 15 is 0 Å². The van der Waals surface area contributed by atoms with Crippen molar-refractivity contribution >= 4 is 11.0 Å². The summed E-state index contributed by atoms with van der Waals surface area (Å²) in [6, 6.07) is 4.38. The van der Waals surface area contributed by atoms with Crippen LogP contribution in [0.3, 0.4) is 0 Å². The number of hydrogen-bond donors (Lipinski definition) is 1. The van der Waals surface area contributed by atoms with Crippen molar-refractivity contribution < 1.29 is 4.52 Å². The largest absolute Gasteiger partial charge is 0.356 e. The SMILES string of the molecule is c1cc2cnoc2c2c1CC1(CCNC1)C2. The molecule has 0 amide bonds. The zero-order valence-corrected chi connectivity index (χ0v) is 9.12. The Kier molecular flexibility index (Phi) is 1.56. The van der Waals surface area contributed by atoms with Gasteiger partial charge < -0.3 is 9.84 Å². The molecule has 1 N–H and O–H groups in total. The van der Waals surface area contributed by atoms with Crippen molar-refractivity contribution in [2.75, 3.05) is 13.1 Å². The summed E-state index contributed by atoms with van der Waals surface area (Å²) in [6.07, 6.45) is 5.46. The number of nitrogens with zero attached hydrogens (tertiary/aromatic N) is 1. The van der Waals surface area contributed by atoms with E-state index in [0.717, 1.165) is 30.5 Å². The number of benzene rings is 1. The number of hydrogen-bond acceptors (Lipinski definition) is 3. The van der Waals surface area contributed by atoms with Gasteiger partial charge in [-0.3, -0.25) is 0 Å². The lowest BCUT2D eigenvalue weighted by Crippen LogP contribution is -2.24. The summed E-state index contributed by atoms with van der Waals surface area (Å²) in [4.78, 5) is 0. The van der Waals surface area contributed by atoms with Crippen LogP contribution in [-0.2, 0) is 12.8 Å². The van der Waals surface area contributed by atoms with Crippen molar-refractivity contribution in [1.29, 1.82) is 0 Å². The van der Waals surface area contributed by atoms with Crippen LogP contribution < -0.4 is 5.32 Å². The molecule has 3 heteroatoms. The summed E-state index contributed by atoms with van der Waals surface area (Å²) in [5, 5.41) is 8.53. The summed E-state index contributed by atoms with van der Waals surface area (Å²) in [7, 11) is 0. The van der Waals surface area contributed by atoms with E-state index < -0.39 is 0 Å². The molecule has 1 unspecified atom stereocenters. The first kappa shape index (κ1) is 8.76. The molecule has 0 saturated carbocycles. The van der Waals surface area contributed by atoms with Gasteiger partial charge in [-0.15, -0.1) is 0 Å². The fourth-order valence-corrected chi connectivity index (χ4v) is 3.33. The topological polar surface area (TPSA) is 38.1 Å². The van der Waals surface area contributed by atoms with Crippen molar-refractivity contribution in [3.63, 3.8) is 0 Å². The van der Waals surface area contributed by atoms with E-state index in [1.54, 1.807) is 0 Å². The average Bonchev–Trinajstić information content (AvgIpc) is 2.97. The number of fused-ring (bicyclic) bond motifs is 3. The Hall–Kier alpha value is -1.35. The highest BCUT2D eigenvalue weighted by Gasteiger charge is 2.40. The highest BCUT2D eigenvalue weighted by molar-refractivity contribution is 5.81. The highest BCUT2D eigenvalue weighted by Crippen LogP contribution is 2.43. The van der Waals surface area contributed by atoms with Crippen molar-refractivity contribution in [3.8, 4) is 0 Å². The standard InChI is InChI=1S/C13H14N2O/c1-2-10-7-15-16-12(10)11-6-13(5-9(1)11)3-4-14-8-13/h1-2,7,14H,3-6,8H2. The van der Waals surface area contributed by atoms with E-state index in [-0.39, 0.29) is 0 Å². The van der Waals surface area contributed by atoms with E-state index in [1.165, 1.54) is 24.0 Å².